The van der Waals surface area contributed by atoms with E-state index in [0.717, 1.165) is 38.6 Å². The highest BCUT2D eigenvalue weighted by Gasteiger charge is 2.51. The third-order valence-electron chi connectivity index (χ3n) is 5.52. The number of nitrogens with zero attached hydrogens (tertiary/aromatic N) is 2. The van der Waals surface area contributed by atoms with E-state index in [1.807, 2.05) is 4.90 Å². The van der Waals surface area contributed by atoms with E-state index < -0.39 is 12.0 Å². The third-order valence-corrected chi connectivity index (χ3v) is 5.52. The molecule has 20 heavy (non-hydrogen) atoms. The van der Waals surface area contributed by atoms with E-state index in [9.17, 15) is 14.7 Å². The molecule has 3 fully saturated rings. The molecule has 0 spiro atoms. The van der Waals surface area contributed by atoms with Crippen LogP contribution in [0, 0.1) is 11.8 Å². The quantitative estimate of drug-likeness (QED) is 0.800. The van der Waals surface area contributed by atoms with Crippen LogP contribution in [-0.2, 0) is 4.79 Å². The monoisotopic (exact) mass is 280 g/mol. The Morgan fingerprint density at radius 3 is 2.55 bits per heavy atom. The number of carbonyl (C=O) groups excluding carboxylic acids is 1. The van der Waals surface area contributed by atoms with Crippen molar-refractivity contribution in [2.75, 3.05) is 13.1 Å². The van der Waals surface area contributed by atoms with E-state index in [1.54, 1.807) is 4.90 Å². The van der Waals surface area contributed by atoms with Gasteiger partial charge in [-0.15, -0.1) is 0 Å². The smallest absolute Gasteiger partial charge is 0.326 e. The SMILES string of the molecule is CC1(C)CCCN1C(=O)N1CC2CCCC2C1C(=O)O. The first kappa shape index (κ1) is 13.7. The molecule has 3 unspecified atom stereocenters. The molecule has 112 valence electrons. The number of aliphatic carboxylic acids is 1. The fraction of sp³-hybridized carbons (Fsp3) is 0.867. The maximum absolute atomic E-state index is 12.8. The fourth-order valence-corrected chi connectivity index (χ4v) is 4.44. The van der Waals surface area contributed by atoms with Crippen molar-refractivity contribution in [3.63, 3.8) is 0 Å². The van der Waals surface area contributed by atoms with Crippen LogP contribution in [-0.4, -0.2) is 51.6 Å². The van der Waals surface area contributed by atoms with Gasteiger partial charge in [-0.05, 0) is 51.4 Å². The standard InChI is InChI=1S/C15H24N2O3/c1-15(2)7-4-8-17(15)14(20)16-9-10-5-3-6-11(10)12(16)13(18)19/h10-12H,3-9H2,1-2H3,(H,18,19). The van der Waals surface area contributed by atoms with Crippen molar-refractivity contribution < 1.29 is 14.7 Å². The second kappa shape index (κ2) is 4.64. The summed E-state index contributed by atoms with van der Waals surface area (Å²) in [6, 6.07) is -0.666. The molecule has 0 radical (unpaired) electrons. The zero-order valence-electron chi connectivity index (χ0n) is 12.3. The average Bonchev–Trinajstić information content (AvgIpc) is 2.99. The molecule has 0 aromatic heterocycles. The molecular weight excluding hydrogens is 256 g/mol. The molecule has 1 N–H and O–H groups in total. The molecule has 0 aromatic carbocycles. The summed E-state index contributed by atoms with van der Waals surface area (Å²) >= 11 is 0. The topological polar surface area (TPSA) is 60.9 Å². The van der Waals surface area contributed by atoms with E-state index >= 15 is 0 Å². The van der Waals surface area contributed by atoms with Gasteiger partial charge in [0.2, 0.25) is 0 Å². The Labute approximate surface area is 119 Å². The lowest BCUT2D eigenvalue weighted by Crippen LogP contribution is -2.53. The van der Waals surface area contributed by atoms with Gasteiger partial charge in [-0.1, -0.05) is 6.42 Å². The molecule has 0 bridgehead atoms. The summed E-state index contributed by atoms with van der Waals surface area (Å²) in [5.74, 6) is -0.266. The highest BCUT2D eigenvalue weighted by Crippen LogP contribution is 2.43. The lowest BCUT2D eigenvalue weighted by molar-refractivity contribution is -0.142. The summed E-state index contributed by atoms with van der Waals surface area (Å²) in [5.41, 5.74) is -0.141. The summed E-state index contributed by atoms with van der Waals surface area (Å²) in [4.78, 5) is 27.9. The van der Waals surface area contributed by atoms with Crippen molar-refractivity contribution in [2.45, 2.75) is 57.5 Å². The van der Waals surface area contributed by atoms with Crippen LogP contribution in [0.3, 0.4) is 0 Å². The minimum Gasteiger partial charge on any atom is -0.480 e. The predicted molar refractivity (Wildman–Crippen MR) is 74.4 cm³/mol. The maximum Gasteiger partial charge on any atom is 0.326 e. The second-order valence-electron chi connectivity index (χ2n) is 7.14. The molecule has 5 heteroatoms. The molecule has 3 rings (SSSR count). The number of fused-ring (bicyclic) bond motifs is 1. The van der Waals surface area contributed by atoms with Crippen LogP contribution >= 0.6 is 0 Å². The highest BCUT2D eigenvalue weighted by atomic mass is 16.4. The molecular formula is C15H24N2O3. The lowest BCUT2D eigenvalue weighted by atomic mass is 9.94. The molecule has 0 aromatic rings. The summed E-state index contributed by atoms with van der Waals surface area (Å²) in [7, 11) is 0. The van der Waals surface area contributed by atoms with E-state index in [2.05, 4.69) is 13.8 Å². The zero-order valence-corrected chi connectivity index (χ0v) is 12.3. The highest BCUT2D eigenvalue weighted by molar-refractivity contribution is 5.84. The molecule has 2 saturated heterocycles. The van der Waals surface area contributed by atoms with Crippen molar-refractivity contribution in [3.8, 4) is 0 Å². The Bertz CT molecular complexity index is 435. The first-order valence-electron chi connectivity index (χ1n) is 7.73. The van der Waals surface area contributed by atoms with Gasteiger partial charge in [-0.2, -0.15) is 0 Å². The number of likely N-dealkylation sites (tertiary alicyclic amines) is 2. The number of carboxylic acids is 1. The molecule has 5 nitrogen and oxygen atoms in total. The normalized spacial score (nSPS) is 35.4. The number of urea groups is 1. The molecule has 2 aliphatic heterocycles. The van der Waals surface area contributed by atoms with E-state index in [1.165, 1.54) is 0 Å². The molecule has 3 aliphatic rings. The Hall–Kier alpha value is -1.26. The Kier molecular flexibility index (Phi) is 3.18. The van der Waals surface area contributed by atoms with Gasteiger partial charge < -0.3 is 14.9 Å². The minimum absolute atomic E-state index is 0.0608. The number of hydrogen-bond donors (Lipinski definition) is 1. The number of carbonyl (C=O) groups is 2. The summed E-state index contributed by atoms with van der Waals surface area (Å²) in [5, 5.41) is 9.54. The second-order valence-corrected chi connectivity index (χ2v) is 7.14. The van der Waals surface area contributed by atoms with Gasteiger partial charge in [-0.25, -0.2) is 9.59 Å². The largest absolute Gasteiger partial charge is 0.480 e. The number of carboxylic acid groups (broad SMARTS) is 1. The number of amides is 2. The van der Waals surface area contributed by atoms with E-state index in [0.29, 0.717) is 12.5 Å². The van der Waals surface area contributed by atoms with Crippen LogP contribution < -0.4 is 0 Å². The van der Waals surface area contributed by atoms with Gasteiger partial charge in [0.25, 0.3) is 0 Å². The Morgan fingerprint density at radius 2 is 1.95 bits per heavy atom. The number of hydrogen-bond acceptors (Lipinski definition) is 2. The van der Waals surface area contributed by atoms with Crippen LogP contribution in [0.2, 0.25) is 0 Å². The van der Waals surface area contributed by atoms with Gasteiger partial charge in [0.05, 0.1) is 0 Å². The summed E-state index contributed by atoms with van der Waals surface area (Å²) in [6.07, 6.45) is 5.14. The van der Waals surface area contributed by atoms with Crippen molar-refractivity contribution in [3.05, 3.63) is 0 Å². The van der Waals surface area contributed by atoms with Crippen molar-refractivity contribution in [2.24, 2.45) is 11.8 Å². The third kappa shape index (κ3) is 1.98. The Balaban J connectivity index is 1.82. The lowest BCUT2D eigenvalue weighted by Gasteiger charge is -2.36. The maximum atomic E-state index is 12.8. The molecule has 3 atom stereocenters. The van der Waals surface area contributed by atoms with Gasteiger partial charge in [0, 0.05) is 18.6 Å². The van der Waals surface area contributed by atoms with Crippen LogP contribution in [0.25, 0.3) is 0 Å². The summed E-state index contributed by atoms with van der Waals surface area (Å²) < 4.78 is 0. The minimum atomic E-state index is -0.829. The van der Waals surface area contributed by atoms with Gasteiger partial charge in [-0.3, -0.25) is 0 Å². The van der Waals surface area contributed by atoms with Crippen LogP contribution in [0.1, 0.15) is 46.0 Å². The fourth-order valence-electron chi connectivity index (χ4n) is 4.44. The molecule has 2 heterocycles. The van der Waals surface area contributed by atoms with E-state index in [4.69, 9.17) is 0 Å². The summed E-state index contributed by atoms with van der Waals surface area (Å²) in [6.45, 7) is 5.53. The van der Waals surface area contributed by atoms with Crippen LogP contribution in [0.15, 0.2) is 0 Å². The molecule has 1 aliphatic carbocycles. The van der Waals surface area contributed by atoms with Crippen molar-refractivity contribution in [1.82, 2.24) is 9.80 Å². The number of rotatable bonds is 1. The first-order chi connectivity index (χ1) is 9.42. The van der Waals surface area contributed by atoms with Gasteiger partial charge in [0.15, 0.2) is 0 Å². The first-order valence-corrected chi connectivity index (χ1v) is 7.73. The van der Waals surface area contributed by atoms with Gasteiger partial charge in [0.1, 0.15) is 6.04 Å². The Morgan fingerprint density at radius 1 is 1.20 bits per heavy atom. The molecule has 1 saturated carbocycles. The van der Waals surface area contributed by atoms with Crippen molar-refractivity contribution in [1.29, 1.82) is 0 Å². The molecule has 2 amide bonds. The van der Waals surface area contributed by atoms with Crippen molar-refractivity contribution >= 4 is 12.0 Å². The predicted octanol–water partition coefficient (Wildman–Crippen LogP) is 2.17. The van der Waals surface area contributed by atoms with Crippen LogP contribution in [0.5, 0.6) is 0 Å². The van der Waals surface area contributed by atoms with Gasteiger partial charge >= 0.3 is 12.0 Å². The van der Waals surface area contributed by atoms with Crippen LogP contribution in [0.4, 0.5) is 4.79 Å². The zero-order chi connectivity index (χ0) is 14.5. The van der Waals surface area contributed by atoms with E-state index in [-0.39, 0.29) is 17.5 Å². The average molecular weight is 280 g/mol.